The summed E-state index contributed by atoms with van der Waals surface area (Å²) in [4.78, 5) is 14.5. The standard InChI is InChI=1S/C17H27N3O/c1-2-14-6-5-10-20(11-9-14)13-17(21)19-16-8-4-3-7-15(16)12-18/h3-4,7-8,14H,2,5-6,9-13,18H2,1H3,(H,19,21). The number of likely N-dealkylation sites (tertiary alicyclic amines) is 1. The van der Waals surface area contributed by atoms with Gasteiger partial charge in [-0.05, 0) is 49.9 Å². The van der Waals surface area contributed by atoms with Crippen LogP contribution in [-0.4, -0.2) is 30.4 Å². The second-order valence-corrected chi connectivity index (χ2v) is 5.89. The molecular formula is C17H27N3O. The van der Waals surface area contributed by atoms with Crippen LogP contribution in [0.3, 0.4) is 0 Å². The van der Waals surface area contributed by atoms with Gasteiger partial charge >= 0.3 is 0 Å². The lowest BCUT2D eigenvalue weighted by Gasteiger charge is -2.20. The van der Waals surface area contributed by atoms with Crippen LogP contribution in [0.2, 0.25) is 0 Å². The molecule has 1 unspecified atom stereocenters. The van der Waals surface area contributed by atoms with Crippen molar-refractivity contribution in [3.63, 3.8) is 0 Å². The summed E-state index contributed by atoms with van der Waals surface area (Å²) >= 11 is 0. The number of hydrogen-bond acceptors (Lipinski definition) is 3. The molecule has 2 rings (SSSR count). The van der Waals surface area contributed by atoms with Crippen molar-refractivity contribution in [2.45, 2.75) is 39.2 Å². The van der Waals surface area contributed by atoms with Gasteiger partial charge in [-0.25, -0.2) is 0 Å². The maximum absolute atomic E-state index is 12.2. The van der Waals surface area contributed by atoms with E-state index in [1.54, 1.807) is 0 Å². The Labute approximate surface area is 127 Å². The van der Waals surface area contributed by atoms with Crippen molar-refractivity contribution in [1.82, 2.24) is 4.90 Å². The molecule has 1 saturated heterocycles. The number of nitrogens with zero attached hydrogens (tertiary/aromatic N) is 1. The van der Waals surface area contributed by atoms with Crippen molar-refractivity contribution in [3.05, 3.63) is 29.8 Å². The zero-order valence-electron chi connectivity index (χ0n) is 13.0. The van der Waals surface area contributed by atoms with Gasteiger partial charge < -0.3 is 11.1 Å². The van der Waals surface area contributed by atoms with Crippen LogP contribution in [0.5, 0.6) is 0 Å². The molecule has 1 fully saturated rings. The normalized spacial score (nSPS) is 20.0. The summed E-state index contributed by atoms with van der Waals surface area (Å²) in [5.41, 5.74) is 7.52. The number of rotatable bonds is 5. The summed E-state index contributed by atoms with van der Waals surface area (Å²) in [6, 6.07) is 7.73. The van der Waals surface area contributed by atoms with Gasteiger partial charge in [0.25, 0.3) is 0 Å². The molecule has 21 heavy (non-hydrogen) atoms. The van der Waals surface area contributed by atoms with E-state index in [2.05, 4.69) is 17.1 Å². The lowest BCUT2D eigenvalue weighted by molar-refractivity contribution is -0.117. The first-order valence-electron chi connectivity index (χ1n) is 8.03. The molecule has 4 heteroatoms. The van der Waals surface area contributed by atoms with Gasteiger partial charge in [0.15, 0.2) is 0 Å². The smallest absolute Gasteiger partial charge is 0.238 e. The average Bonchev–Trinajstić information content (AvgIpc) is 2.73. The highest BCUT2D eigenvalue weighted by Crippen LogP contribution is 2.20. The Morgan fingerprint density at radius 1 is 1.33 bits per heavy atom. The minimum atomic E-state index is 0.0610. The van der Waals surface area contributed by atoms with E-state index >= 15 is 0 Å². The molecule has 1 aromatic rings. The van der Waals surface area contributed by atoms with Crippen LogP contribution in [0.4, 0.5) is 5.69 Å². The first-order chi connectivity index (χ1) is 10.2. The summed E-state index contributed by atoms with van der Waals surface area (Å²) in [6.45, 7) is 5.25. The Morgan fingerprint density at radius 2 is 2.14 bits per heavy atom. The second-order valence-electron chi connectivity index (χ2n) is 5.89. The number of anilines is 1. The van der Waals surface area contributed by atoms with Crippen LogP contribution in [0.15, 0.2) is 24.3 Å². The molecule has 1 aliphatic heterocycles. The van der Waals surface area contributed by atoms with Gasteiger partial charge in [0.1, 0.15) is 0 Å². The molecule has 0 aromatic heterocycles. The van der Waals surface area contributed by atoms with Gasteiger partial charge in [0.05, 0.1) is 6.54 Å². The van der Waals surface area contributed by atoms with Crippen LogP contribution >= 0.6 is 0 Å². The number of para-hydroxylation sites is 1. The van der Waals surface area contributed by atoms with Crippen LogP contribution in [0.25, 0.3) is 0 Å². The van der Waals surface area contributed by atoms with Gasteiger partial charge in [0, 0.05) is 12.2 Å². The number of amides is 1. The maximum atomic E-state index is 12.2. The molecule has 0 aliphatic carbocycles. The van der Waals surface area contributed by atoms with Gasteiger partial charge in [-0.1, -0.05) is 31.5 Å². The number of benzene rings is 1. The molecule has 3 N–H and O–H groups in total. The van der Waals surface area contributed by atoms with Crippen molar-refractivity contribution >= 4 is 11.6 Å². The fourth-order valence-electron chi connectivity index (χ4n) is 3.00. The van der Waals surface area contributed by atoms with E-state index in [4.69, 9.17) is 5.73 Å². The van der Waals surface area contributed by atoms with Crippen molar-refractivity contribution in [2.24, 2.45) is 11.7 Å². The first kappa shape index (κ1) is 16.0. The van der Waals surface area contributed by atoms with E-state index < -0.39 is 0 Å². The molecule has 0 bridgehead atoms. The molecule has 0 spiro atoms. The number of carbonyl (C=O) groups excluding carboxylic acids is 1. The van der Waals surface area contributed by atoms with Crippen LogP contribution in [0.1, 0.15) is 38.2 Å². The zero-order chi connectivity index (χ0) is 15.1. The minimum absolute atomic E-state index is 0.0610. The van der Waals surface area contributed by atoms with Crippen LogP contribution < -0.4 is 11.1 Å². The molecule has 0 saturated carbocycles. The summed E-state index contributed by atoms with van der Waals surface area (Å²) < 4.78 is 0. The lowest BCUT2D eigenvalue weighted by Crippen LogP contribution is -2.34. The van der Waals surface area contributed by atoms with E-state index in [1.807, 2.05) is 24.3 Å². The Balaban J connectivity index is 1.86. The SMILES string of the molecule is CCC1CCCN(CC(=O)Nc2ccccc2CN)CC1. The Bertz CT molecular complexity index is 461. The topological polar surface area (TPSA) is 58.4 Å². The first-order valence-corrected chi connectivity index (χ1v) is 8.03. The van der Waals surface area contributed by atoms with Gasteiger partial charge in [-0.15, -0.1) is 0 Å². The van der Waals surface area contributed by atoms with E-state index in [1.165, 1.54) is 25.7 Å². The largest absolute Gasteiger partial charge is 0.326 e. The van der Waals surface area contributed by atoms with Gasteiger partial charge in [0.2, 0.25) is 5.91 Å². The summed E-state index contributed by atoms with van der Waals surface area (Å²) in [7, 11) is 0. The quantitative estimate of drug-likeness (QED) is 0.876. The third-order valence-corrected chi connectivity index (χ3v) is 4.40. The predicted octanol–water partition coefficient (Wildman–Crippen LogP) is 2.60. The number of nitrogens with one attached hydrogen (secondary N) is 1. The third-order valence-electron chi connectivity index (χ3n) is 4.40. The molecule has 1 atom stereocenters. The minimum Gasteiger partial charge on any atom is -0.326 e. The number of nitrogens with two attached hydrogens (primary N) is 1. The fourth-order valence-corrected chi connectivity index (χ4v) is 3.00. The summed E-state index contributed by atoms with van der Waals surface area (Å²) in [5, 5.41) is 2.99. The molecule has 1 heterocycles. The molecule has 0 radical (unpaired) electrons. The van der Waals surface area contributed by atoms with Crippen LogP contribution in [-0.2, 0) is 11.3 Å². The Hall–Kier alpha value is -1.39. The number of carbonyl (C=O) groups is 1. The fraction of sp³-hybridized carbons (Fsp3) is 0.588. The summed E-state index contributed by atoms with van der Waals surface area (Å²) in [6.07, 6.45) is 4.96. The lowest BCUT2D eigenvalue weighted by atomic mass is 9.98. The van der Waals surface area contributed by atoms with Crippen molar-refractivity contribution in [2.75, 3.05) is 25.0 Å². The molecular weight excluding hydrogens is 262 g/mol. The second kappa shape index (κ2) is 8.15. The highest BCUT2D eigenvalue weighted by molar-refractivity contribution is 5.93. The Kier molecular flexibility index (Phi) is 6.21. The average molecular weight is 289 g/mol. The molecule has 4 nitrogen and oxygen atoms in total. The molecule has 116 valence electrons. The van der Waals surface area contributed by atoms with Crippen molar-refractivity contribution < 1.29 is 4.79 Å². The highest BCUT2D eigenvalue weighted by Gasteiger charge is 2.18. The molecule has 1 aromatic carbocycles. The van der Waals surface area contributed by atoms with Crippen molar-refractivity contribution in [1.29, 1.82) is 0 Å². The predicted molar refractivity (Wildman–Crippen MR) is 87.0 cm³/mol. The van der Waals surface area contributed by atoms with Crippen LogP contribution in [0, 0.1) is 5.92 Å². The molecule has 1 aliphatic rings. The maximum Gasteiger partial charge on any atom is 0.238 e. The zero-order valence-corrected chi connectivity index (χ0v) is 13.0. The number of hydrogen-bond donors (Lipinski definition) is 2. The van der Waals surface area contributed by atoms with E-state index in [0.29, 0.717) is 13.1 Å². The third kappa shape index (κ3) is 4.83. The molecule has 1 amide bonds. The van der Waals surface area contributed by atoms with Crippen molar-refractivity contribution in [3.8, 4) is 0 Å². The highest BCUT2D eigenvalue weighted by atomic mass is 16.2. The van der Waals surface area contributed by atoms with E-state index in [0.717, 1.165) is 30.3 Å². The van der Waals surface area contributed by atoms with E-state index in [-0.39, 0.29) is 5.91 Å². The van der Waals surface area contributed by atoms with Gasteiger partial charge in [-0.3, -0.25) is 9.69 Å². The monoisotopic (exact) mass is 289 g/mol. The van der Waals surface area contributed by atoms with E-state index in [9.17, 15) is 4.79 Å². The van der Waals surface area contributed by atoms with Gasteiger partial charge in [-0.2, -0.15) is 0 Å². The summed E-state index contributed by atoms with van der Waals surface area (Å²) in [5.74, 6) is 0.891. The Morgan fingerprint density at radius 3 is 2.90 bits per heavy atom.